The number of aromatic nitrogens is 3. The first-order valence-corrected chi connectivity index (χ1v) is 8.56. The van der Waals surface area contributed by atoms with Crippen LogP contribution in [0.3, 0.4) is 0 Å². The van der Waals surface area contributed by atoms with Crippen molar-refractivity contribution in [3.8, 4) is 0 Å². The third-order valence-corrected chi connectivity index (χ3v) is 4.61. The zero-order chi connectivity index (χ0) is 17.6. The summed E-state index contributed by atoms with van der Waals surface area (Å²) in [5, 5.41) is 6.68. The van der Waals surface area contributed by atoms with Crippen LogP contribution in [0.1, 0.15) is 46.9 Å². The number of carbonyl (C=O) groups is 1. The molecule has 1 N–H and O–H groups in total. The van der Waals surface area contributed by atoms with Crippen molar-refractivity contribution < 1.29 is 13.6 Å². The fourth-order valence-electron chi connectivity index (χ4n) is 2.64. The first kappa shape index (κ1) is 16.1. The molecule has 2 aromatic heterocycles. The zero-order valence-corrected chi connectivity index (χ0v) is 14.5. The number of anilines is 1. The van der Waals surface area contributed by atoms with Crippen molar-refractivity contribution in [3.63, 3.8) is 0 Å². The molecule has 4 rings (SSSR count). The Morgan fingerprint density at radius 3 is 2.64 bits per heavy atom. The molecule has 0 radical (unpaired) electrons. The molecule has 0 unspecified atom stereocenters. The van der Waals surface area contributed by atoms with E-state index >= 15 is 0 Å². The highest BCUT2D eigenvalue weighted by atomic mass is 79.9. The van der Waals surface area contributed by atoms with E-state index < -0.39 is 12.3 Å². The standard InChI is InChI=1S/C17H13BrF2N4O/c18-10-3-5-11(6-4-10)22-17(25)12-8-21-24-14(15(19)20)7-13(9-1-2-9)23-16(12)24/h3-9,15H,1-2H2,(H,22,25). The predicted molar refractivity (Wildman–Crippen MR) is 92.0 cm³/mol. The molecular formula is C17H13BrF2N4O. The van der Waals surface area contributed by atoms with E-state index in [1.807, 2.05) is 0 Å². The first-order valence-electron chi connectivity index (χ1n) is 7.76. The molecule has 5 nitrogen and oxygen atoms in total. The molecule has 1 saturated carbocycles. The summed E-state index contributed by atoms with van der Waals surface area (Å²) in [6.45, 7) is 0. The van der Waals surface area contributed by atoms with Crippen LogP contribution in [0, 0.1) is 0 Å². The minimum absolute atomic E-state index is 0.161. The minimum atomic E-state index is -2.69. The summed E-state index contributed by atoms with van der Waals surface area (Å²) in [5.74, 6) is -0.238. The Balaban J connectivity index is 1.74. The molecule has 3 aromatic rings. The summed E-state index contributed by atoms with van der Waals surface area (Å²) in [6, 6.07) is 8.45. The summed E-state index contributed by atoms with van der Waals surface area (Å²) in [5.41, 5.74) is 1.29. The molecule has 1 aliphatic rings. The second-order valence-electron chi connectivity index (χ2n) is 5.94. The maximum atomic E-state index is 13.4. The first-order chi connectivity index (χ1) is 12.0. The number of alkyl halides is 2. The van der Waals surface area contributed by atoms with Crippen molar-refractivity contribution in [2.75, 3.05) is 5.32 Å². The van der Waals surface area contributed by atoms with E-state index in [4.69, 9.17) is 0 Å². The largest absolute Gasteiger partial charge is 0.322 e. The maximum Gasteiger partial charge on any atom is 0.280 e. The SMILES string of the molecule is O=C(Nc1ccc(Br)cc1)c1cnn2c(C(F)F)cc(C3CC3)nc12. The van der Waals surface area contributed by atoms with E-state index in [0.717, 1.165) is 21.8 Å². The molecule has 0 atom stereocenters. The van der Waals surface area contributed by atoms with Gasteiger partial charge in [-0.15, -0.1) is 0 Å². The molecule has 0 bridgehead atoms. The minimum Gasteiger partial charge on any atom is -0.322 e. The smallest absolute Gasteiger partial charge is 0.280 e. The highest BCUT2D eigenvalue weighted by molar-refractivity contribution is 9.10. The molecule has 8 heteroatoms. The van der Waals surface area contributed by atoms with Crippen LogP contribution in [0.25, 0.3) is 5.65 Å². The van der Waals surface area contributed by atoms with Crippen LogP contribution in [0.5, 0.6) is 0 Å². The highest BCUT2D eigenvalue weighted by Crippen LogP contribution is 2.40. The Morgan fingerprint density at radius 2 is 2.00 bits per heavy atom. The van der Waals surface area contributed by atoms with Crippen molar-refractivity contribution in [1.29, 1.82) is 0 Å². The lowest BCUT2D eigenvalue weighted by atomic mass is 10.2. The molecular weight excluding hydrogens is 394 g/mol. The molecule has 25 heavy (non-hydrogen) atoms. The normalized spacial score (nSPS) is 14.2. The van der Waals surface area contributed by atoms with Gasteiger partial charge in [-0.05, 0) is 43.2 Å². The third-order valence-electron chi connectivity index (χ3n) is 4.09. The number of benzene rings is 1. The molecule has 128 valence electrons. The van der Waals surface area contributed by atoms with Crippen LogP contribution in [0.15, 0.2) is 41.0 Å². The fraction of sp³-hybridized carbons (Fsp3) is 0.235. The van der Waals surface area contributed by atoms with E-state index in [0.29, 0.717) is 11.4 Å². The average Bonchev–Trinajstić information content (AvgIpc) is 3.35. The second-order valence-corrected chi connectivity index (χ2v) is 6.85. The van der Waals surface area contributed by atoms with E-state index in [9.17, 15) is 13.6 Å². The molecule has 0 saturated heterocycles. The number of hydrogen-bond donors (Lipinski definition) is 1. The average molecular weight is 407 g/mol. The molecule has 1 aliphatic carbocycles. The molecule has 2 heterocycles. The van der Waals surface area contributed by atoms with Gasteiger partial charge in [-0.25, -0.2) is 18.3 Å². The van der Waals surface area contributed by atoms with E-state index in [2.05, 4.69) is 31.3 Å². The van der Waals surface area contributed by atoms with Crippen molar-refractivity contribution in [2.24, 2.45) is 0 Å². The van der Waals surface area contributed by atoms with Crippen LogP contribution in [0.2, 0.25) is 0 Å². The number of halogens is 3. The molecule has 1 aromatic carbocycles. The van der Waals surface area contributed by atoms with Gasteiger partial charge in [0.25, 0.3) is 12.3 Å². The fourth-order valence-corrected chi connectivity index (χ4v) is 2.91. The highest BCUT2D eigenvalue weighted by Gasteiger charge is 2.29. The zero-order valence-electron chi connectivity index (χ0n) is 12.9. The summed E-state index contributed by atoms with van der Waals surface area (Å²) < 4.78 is 28.7. The Kier molecular flexibility index (Phi) is 3.99. The molecule has 1 fully saturated rings. The van der Waals surface area contributed by atoms with Gasteiger partial charge in [-0.3, -0.25) is 4.79 Å². The van der Waals surface area contributed by atoms with Gasteiger partial charge in [0.1, 0.15) is 11.3 Å². The van der Waals surface area contributed by atoms with Crippen molar-refractivity contribution >= 4 is 33.2 Å². The second kappa shape index (κ2) is 6.18. The van der Waals surface area contributed by atoms with Crippen LogP contribution in [-0.2, 0) is 0 Å². The molecule has 0 aliphatic heterocycles. The van der Waals surface area contributed by atoms with Gasteiger partial charge < -0.3 is 5.32 Å². The number of rotatable bonds is 4. The van der Waals surface area contributed by atoms with Gasteiger partial charge in [0.05, 0.1) is 6.20 Å². The summed E-state index contributed by atoms with van der Waals surface area (Å²) >= 11 is 3.32. The van der Waals surface area contributed by atoms with Crippen LogP contribution in [0.4, 0.5) is 14.5 Å². The van der Waals surface area contributed by atoms with Gasteiger partial charge in [-0.1, -0.05) is 15.9 Å². The van der Waals surface area contributed by atoms with E-state index in [1.54, 1.807) is 24.3 Å². The molecule has 1 amide bonds. The number of hydrogen-bond acceptors (Lipinski definition) is 3. The monoisotopic (exact) mass is 406 g/mol. The molecule has 0 spiro atoms. The number of amides is 1. The summed E-state index contributed by atoms with van der Waals surface area (Å²) in [7, 11) is 0. The van der Waals surface area contributed by atoms with Crippen molar-refractivity contribution in [2.45, 2.75) is 25.2 Å². The number of carbonyl (C=O) groups excluding carboxylic acids is 1. The van der Waals surface area contributed by atoms with E-state index in [-0.39, 0.29) is 22.8 Å². The quantitative estimate of drug-likeness (QED) is 0.690. The lowest BCUT2D eigenvalue weighted by molar-refractivity contribution is 0.102. The van der Waals surface area contributed by atoms with Crippen molar-refractivity contribution in [3.05, 3.63) is 58.0 Å². The number of nitrogens with zero attached hydrogens (tertiary/aromatic N) is 3. The van der Waals surface area contributed by atoms with Gasteiger partial charge in [0.15, 0.2) is 5.65 Å². The maximum absolute atomic E-state index is 13.4. The lowest BCUT2D eigenvalue weighted by Crippen LogP contribution is -2.13. The third kappa shape index (κ3) is 3.13. The lowest BCUT2D eigenvalue weighted by Gasteiger charge is -2.08. The van der Waals surface area contributed by atoms with Crippen LogP contribution in [-0.4, -0.2) is 20.5 Å². The van der Waals surface area contributed by atoms with E-state index in [1.165, 1.54) is 12.3 Å². The number of nitrogens with one attached hydrogen (secondary N) is 1. The Labute approximate surface area is 150 Å². The topological polar surface area (TPSA) is 59.3 Å². The summed E-state index contributed by atoms with van der Waals surface area (Å²) in [6.07, 6.45) is 0.449. The van der Waals surface area contributed by atoms with Gasteiger partial charge in [-0.2, -0.15) is 5.10 Å². The summed E-state index contributed by atoms with van der Waals surface area (Å²) in [4.78, 5) is 17.0. The van der Waals surface area contributed by atoms with Gasteiger partial charge in [0, 0.05) is 21.8 Å². The predicted octanol–water partition coefficient (Wildman–Crippen LogP) is 4.56. The Morgan fingerprint density at radius 1 is 1.28 bits per heavy atom. The number of fused-ring (bicyclic) bond motifs is 1. The van der Waals surface area contributed by atoms with Crippen molar-refractivity contribution in [1.82, 2.24) is 14.6 Å². The Bertz CT molecular complexity index is 951. The van der Waals surface area contributed by atoms with Crippen LogP contribution >= 0.6 is 15.9 Å². The van der Waals surface area contributed by atoms with Crippen LogP contribution < -0.4 is 5.32 Å². The van der Waals surface area contributed by atoms with Gasteiger partial charge >= 0.3 is 0 Å². The van der Waals surface area contributed by atoms with Gasteiger partial charge in [0.2, 0.25) is 0 Å². The Hall–Kier alpha value is -2.35.